The van der Waals surface area contributed by atoms with Crippen LogP contribution in [-0.2, 0) is 12.3 Å². The number of methoxy groups -OCH3 is 2. The van der Waals surface area contributed by atoms with Crippen molar-refractivity contribution in [1.29, 1.82) is 0 Å². The number of hydrogen-bond donors (Lipinski definition) is 0. The number of halogens is 1. The third kappa shape index (κ3) is 5.03. The molecule has 0 amide bonds. The fourth-order valence-corrected chi connectivity index (χ4v) is 5.02. The van der Waals surface area contributed by atoms with Gasteiger partial charge < -0.3 is 9.47 Å². The van der Waals surface area contributed by atoms with E-state index in [0.717, 1.165) is 15.6 Å². The Balaban J connectivity index is 1.79. The van der Waals surface area contributed by atoms with Crippen molar-refractivity contribution in [2.75, 3.05) is 14.2 Å². The van der Waals surface area contributed by atoms with Gasteiger partial charge in [0, 0.05) is 26.9 Å². The summed E-state index contributed by atoms with van der Waals surface area (Å²) in [7, 11) is 3.21. The number of thioether (sulfide) groups is 1. The molecular formula is C26H23BrN2O4S. The van der Waals surface area contributed by atoms with Gasteiger partial charge in [-0.2, -0.15) is 0 Å². The van der Waals surface area contributed by atoms with Crippen molar-refractivity contribution in [3.8, 4) is 11.5 Å². The van der Waals surface area contributed by atoms with Gasteiger partial charge in [-0.3, -0.25) is 14.2 Å². The largest absolute Gasteiger partial charge is 0.496 e. The van der Waals surface area contributed by atoms with Gasteiger partial charge >= 0.3 is 0 Å². The van der Waals surface area contributed by atoms with Gasteiger partial charge in [-0.15, -0.1) is 0 Å². The Bertz CT molecular complexity index is 1430. The van der Waals surface area contributed by atoms with Crippen LogP contribution in [-0.4, -0.2) is 29.6 Å². The summed E-state index contributed by atoms with van der Waals surface area (Å²) in [6.07, 6.45) is 0. The number of hydrogen-bond acceptors (Lipinski definition) is 6. The molecule has 34 heavy (non-hydrogen) atoms. The molecule has 174 valence electrons. The predicted octanol–water partition coefficient (Wildman–Crippen LogP) is 5.72. The first kappa shape index (κ1) is 24.0. The second-order valence-electron chi connectivity index (χ2n) is 7.63. The highest BCUT2D eigenvalue weighted by Gasteiger charge is 2.16. The number of nitrogens with zero attached hydrogens (tertiary/aromatic N) is 2. The first-order valence-corrected chi connectivity index (χ1v) is 12.3. The molecule has 0 bridgehead atoms. The second kappa shape index (κ2) is 10.4. The molecule has 0 aliphatic carbocycles. The normalized spacial score (nSPS) is 10.9. The Kier molecular flexibility index (Phi) is 7.38. The highest BCUT2D eigenvalue weighted by Crippen LogP contribution is 2.30. The molecule has 4 aromatic rings. The molecule has 0 saturated heterocycles. The quantitative estimate of drug-likeness (QED) is 0.162. The Labute approximate surface area is 210 Å². The zero-order valence-electron chi connectivity index (χ0n) is 19.0. The summed E-state index contributed by atoms with van der Waals surface area (Å²) in [5.74, 6) is 1.85. The van der Waals surface area contributed by atoms with Crippen LogP contribution >= 0.6 is 27.7 Å². The summed E-state index contributed by atoms with van der Waals surface area (Å²) in [4.78, 5) is 30.3. The van der Waals surface area contributed by atoms with Gasteiger partial charge in [-0.25, -0.2) is 4.98 Å². The first-order valence-electron chi connectivity index (χ1n) is 10.5. The Hall–Kier alpha value is -3.10. The summed E-state index contributed by atoms with van der Waals surface area (Å²) in [5, 5.41) is 1.10. The fraction of sp³-hybridized carbons (Fsp3) is 0.192. The molecule has 4 rings (SSSR count). The molecular weight excluding hydrogens is 516 g/mol. The molecule has 6 nitrogen and oxygen atoms in total. The summed E-state index contributed by atoms with van der Waals surface area (Å²) in [6, 6.07) is 18.5. The first-order chi connectivity index (χ1) is 16.4. The van der Waals surface area contributed by atoms with Gasteiger partial charge in [0.15, 0.2) is 10.9 Å². The van der Waals surface area contributed by atoms with Crippen molar-refractivity contribution in [3.63, 3.8) is 0 Å². The number of carbonyl (C=O) groups is 1. The molecule has 0 fully saturated rings. The zero-order valence-corrected chi connectivity index (χ0v) is 21.4. The number of ketones is 1. The van der Waals surface area contributed by atoms with Crippen LogP contribution in [0, 0.1) is 0 Å². The van der Waals surface area contributed by atoms with Crippen LogP contribution in [0.25, 0.3) is 10.9 Å². The van der Waals surface area contributed by atoms with E-state index >= 15 is 0 Å². The van der Waals surface area contributed by atoms with Crippen LogP contribution in [0.1, 0.15) is 28.4 Å². The molecule has 8 heteroatoms. The van der Waals surface area contributed by atoms with Gasteiger partial charge in [-0.1, -0.05) is 45.9 Å². The smallest absolute Gasteiger partial charge is 0.262 e. The Morgan fingerprint density at radius 3 is 2.47 bits per heavy atom. The molecule has 1 heterocycles. The van der Waals surface area contributed by atoms with Crippen molar-refractivity contribution in [3.05, 3.63) is 92.2 Å². The maximum Gasteiger partial charge on any atom is 0.262 e. The number of carbonyl (C=O) groups excluding carboxylic acids is 1. The Morgan fingerprint density at radius 1 is 1.00 bits per heavy atom. The number of fused-ring (bicyclic) bond motifs is 1. The molecule has 0 unspecified atom stereocenters. The topological polar surface area (TPSA) is 70.4 Å². The summed E-state index contributed by atoms with van der Waals surface area (Å²) < 4.78 is 13.5. The number of benzene rings is 3. The van der Waals surface area contributed by atoms with Crippen LogP contribution in [0.3, 0.4) is 0 Å². The molecule has 0 aliphatic rings. The summed E-state index contributed by atoms with van der Waals surface area (Å²) >= 11 is 4.88. The van der Waals surface area contributed by atoms with Crippen LogP contribution in [0.5, 0.6) is 11.5 Å². The van der Waals surface area contributed by atoms with E-state index in [2.05, 4.69) is 15.9 Å². The van der Waals surface area contributed by atoms with E-state index in [1.165, 1.54) is 18.7 Å². The molecule has 0 atom stereocenters. The minimum absolute atomic E-state index is 0.0172. The standard InChI is InChI=1S/C26H23BrN2O4S/c1-16(30)17-8-11-24(33-3)19(12-17)15-34-26-28-22-10-9-20(27)13-21(22)25(31)29(26)14-18-6-4-5-7-23(18)32-2/h4-13H,14-15H2,1-3H3. The maximum atomic E-state index is 13.6. The number of para-hydroxylation sites is 1. The number of aromatic nitrogens is 2. The van der Waals surface area contributed by atoms with Gasteiger partial charge in [0.2, 0.25) is 0 Å². The SMILES string of the molecule is COc1ccc(C(C)=O)cc1CSc1nc2ccc(Br)cc2c(=O)n1Cc1ccccc1OC. The van der Waals surface area contributed by atoms with E-state index in [0.29, 0.717) is 45.4 Å². The fourth-order valence-electron chi connectivity index (χ4n) is 3.68. The zero-order chi connectivity index (χ0) is 24.2. The van der Waals surface area contributed by atoms with Crippen molar-refractivity contribution in [2.45, 2.75) is 24.4 Å². The van der Waals surface area contributed by atoms with Crippen LogP contribution in [0.4, 0.5) is 0 Å². The molecule has 0 spiro atoms. The Morgan fingerprint density at radius 2 is 1.74 bits per heavy atom. The van der Waals surface area contributed by atoms with Gasteiger partial charge in [0.25, 0.3) is 5.56 Å². The average molecular weight is 539 g/mol. The predicted molar refractivity (Wildman–Crippen MR) is 138 cm³/mol. The number of rotatable bonds is 8. The maximum absolute atomic E-state index is 13.6. The molecule has 0 aliphatic heterocycles. The number of Topliss-reactive ketones (excluding diaryl/α,β-unsaturated/α-hetero) is 1. The highest BCUT2D eigenvalue weighted by atomic mass is 79.9. The lowest BCUT2D eigenvalue weighted by molar-refractivity contribution is 0.101. The van der Waals surface area contributed by atoms with Crippen LogP contribution < -0.4 is 15.0 Å². The van der Waals surface area contributed by atoms with E-state index in [-0.39, 0.29) is 11.3 Å². The van der Waals surface area contributed by atoms with Crippen molar-refractivity contribution in [1.82, 2.24) is 9.55 Å². The molecule has 0 saturated carbocycles. The minimum Gasteiger partial charge on any atom is -0.496 e. The third-order valence-electron chi connectivity index (χ3n) is 5.45. The monoisotopic (exact) mass is 538 g/mol. The average Bonchev–Trinajstić information content (AvgIpc) is 2.85. The lowest BCUT2D eigenvalue weighted by Gasteiger charge is -2.16. The lowest BCUT2D eigenvalue weighted by Crippen LogP contribution is -2.24. The molecule has 0 radical (unpaired) electrons. The third-order valence-corrected chi connectivity index (χ3v) is 6.96. The van der Waals surface area contributed by atoms with E-state index in [4.69, 9.17) is 14.5 Å². The van der Waals surface area contributed by atoms with E-state index < -0.39 is 0 Å². The van der Waals surface area contributed by atoms with Gasteiger partial charge in [-0.05, 0) is 49.4 Å². The van der Waals surface area contributed by atoms with Crippen molar-refractivity contribution in [2.24, 2.45) is 0 Å². The summed E-state index contributed by atoms with van der Waals surface area (Å²) in [5.41, 5.74) is 2.83. The van der Waals surface area contributed by atoms with Crippen LogP contribution in [0.2, 0.25) is 0 Å². The van der Waals surface area contributed by atoms with E-state index in [9.17, 15) is 9.59 Å². The molecule has 1 aromatic heterocycles. The van der Waals surface area contributed by atoms with Gasteiger partial charge in [0.05, 0.1) is 31.7 Å². The molecule has 3 aromatic carbocycles. The van der Waals surface area contributed by atoms with Crippen molar-refractivity contribution < 1.29 is 14.3 Å². The van der Waals surface area contributed by atoms with Gasteiger partial charge in [0.1, 0.15) is 11.5 Å². The van der Waals surface area contributed by atoms with Crippen LogP contribution in [0.15, 0.2) is 75.1 Å². The number of ether oxygens (including phenoxy) is 2. The second-order valence-corrected chi connectivity index (χ2v) is 9.49. The van der Waals surface area contributed by atoms with E-state index in [1.807, 2.05) is 42.5 Å². The minimum atomic E-state index is -0.135. The highest BCUT2D eigenvalue weighted by molar-refractivity contribution is 9.10. The van der Waals surface area contributed by atoms with E-state index in [1.54, 1.807) is 37.0 Å². The van der Waals surface area contributed by atoms with Crippen molar-refractivity contribution >= 4 is 44.4 Å². The molecule has 0 N–H and O–H groups in total. The summed E-state index contributed by atoms with van der Waals surface area (Å²) in [6.45, 7) is 1.85. The lowest BCUT2D eigenvalue weighted by atomic mass is 10.1.